The molecule has 80 valence electrons. The third-order valence-electron chi connectivity index (χ3n) is 1.94. The maximum atomic E-state index is 11.7. The van der Waals surface area contributed by atoms with E-state index in [1.165, 1.54) is 0 Å². The second-order valence-corrected chi connectivity index (χ2v) is 5.32. The van der Waals surface area contributed by atoms with E-state index in [-0.39, 0.29) is 5.91 Å². The van der Waals surface area contributed by atoms with Crippen LogP contribution < -0.4 is 4.90 Å². The Morgan fingerprint density at radius 3 is 2.60 bits per heavy atom. The zero-order chi connectivity index (χ0) is 11.6. The van der Waals surface area contributed by atoms with Crippen LogP contribution >= 0.6 is 38.5 Å². The van der Waals surface area contributed by atoms with Crippen LogP contribution in [0.15, 0.2) is 34.8 Å². The SMILES string of the molecule is C=C(C)C(=O)N(C)c1ccc(Br)cc1I. The average Bonchev–Trinajstić information content (AvgIpc) is 2.15. The van der Waals surface area contributed by atoms with Crippen molar-refractivity contribution in [2.75, 3.05) is 11.9 Å². The maximum absolute atomic E-state index is 11.7. The molecule has 0 radical (unpaired) electrons. The van der Waals surface area contributed by atoms with Gasteiger partial charge in [-0.25, -0.2) is 0 Å². The number of nitrogens with zero attached hydrogens (tertiary/aromatic N) is 1. The first kappa shape index (κ1) is 12.7. The molecule has 0 aliphatic heterocycles. The molecule has 0 bridgehead atoms. The first-order valence-electron chi connectivity index (χ1n) is 4.32. The molecule has 0 unspecified atom stereocenters. The smallest absolute Gasteiger partial charge is 0.253 e. The van der Waals surface area contributed by atoms with Gasteiger partial charge in [0.25, 0.3) is 5.91 Å². The van der Waals surface area contributed by atoms with Gasteiger partial charge in [0, 0.05) is 20.7 Å². The number of halogens is 2. The summed E-state index contributed by atoms with van der Waals surface area (Å²) in [4.78, 5) is 13.3. The van der Waals surface area contributed by atoms with Gasteiger partial charge in [0.2, 0.25) is 0 Å². The Labute approximate surface area is 112 Å². The molecule has 15 heavy (non-hydrogen) atoms. The molecule has 1 amide bonds. The molecule has 1 aromatic carbocycles. The Hall–Kier alpha value is -0.360. The second-order valence-electron chi connectivity index (χ2n) is 3.24. The monoisotopic (exact) mass is 379 g/mol. The lowest BCUT2D eigenvalue weighted by atomic mass is 10.2. The average molecular weight is 380 g/mol. The highest BCUT2D eigenvalue weighted by atomic mass is 127. The van der Waals surface area contributed by atoms with Crippen LogP contribution in [0.25, 0.3) is 0 Å². The first-order valence-corrected chi connectivity index (χ1v) is 6.19. The van der Waals surface area contributed by atoms with Gasteiger partial charge in [-0.15, -0.1) is 0 Å². The van der Waals surface area contributed by atoms with Crippen LogP contribution in [0.3, 0.4) is 0 Å². The normalized spacial score (nSPS) is 9.87. The van der Waals surface area contributed by atoms with Crippen molar-refractivity contribution in [2.24, 2.45) is 0 Å². The lowest BCUT2D eigenvalue weighted by Crippen LogP contribution is -2.27. The Morgan fingerprint density at radius 1 is 1.53 bits per heavy atom. The fourth-order valence-corrected chi connectivity index (χ4v) is 2.82. The summed E-state index contributed by atoms with van der Waals surface area (Å²) in [7, 11) is 1.75. The van der Waals surface area contributed by atoms with Crippen molar-refractivity contribution in [3.8, 4) is 0 Å². The van der Waals surface area contributed by atoms with Crippen molar-refractivity contribution >= 4 is 50.1 Å². The summed E-state index contributed by atoms with van der Waals surface area (Å²) >= 11 is 5.59. The summed E-state index contributed by atoms with van der Waals surface area (Å²) < 4.78 is 2.03. The van der Waals surface area contributed by atoms with Gasteiger partial charge in [0.1, 0.15) is 0 Å². The van der Waals surface area contributed by atoms with E-state index in [2.05, 4.69) is 45.1 Å². The molecule has 0 saturated heterocycles. The van der Waals surface area contributed by atoms with E-state index in [1.54, 1.807) is 18.9 Å². The lowest BCUT2D eigenvalue weighted by molar-refractivity contribution is -0.114. The maximum Gasteiger partial charge on any atom is 0.253 e. The van der Waals surface area contributed by atoms with Crippen LogP contribution in [0.5, 0.6) is 0 Å². The largest absolute Gasteiger partial charge is 0.311 e. The van der Waals surface area contributed by atoms with Gasteiger partial charge in [-0.2, -0.15) is 0 Å². The highest BCUT2D eigenvalue weighted by Crippen LogP contribution is 2.25. The molecule has 1 rings (SSSR count). The highest BCUT2D eigenvalue weighted by Gasteiger charge is 2.13. The van der Waals surface area contributed by atoms with E-state index >= 15 is 0 Å². The Kier molecular flexibility index (Phi) is 4.33. The molecule has 0 N–H and O–H groups in total. The third kappa shape index (κ3) is 3.04. The van der Waals surface area contributed by atoms with Crippen LogP contribution in [0.4, 0.5) is 5.69 Å². The number of carbonyl (C=O) groups is 1. The summed E-state index contributed by atoms with van der Waals surface area (Å²) in [6.45, 7) is 5.36. The number of likely N-dealkylation sites (N-methyl/N-ethyl adjacent to an activating group) is 1. The van der Waals surface area contributed by atoms with E-state index in [1.807, 2.05) is 18.2 Å². The van der Waals surface area contributed by atoms with E-state index < -0.39 is 0 Å². The molecule has 0 aromatic heterocycles. The third-order valence-corrected chi connectivity index (χ3v) is 3.30. The molecule has 4 heteroatoms. The van der Waals surface area contributed by atoms with Gasteiger partial charge in [0.15, 0.2) is 0 Å². The van der Waals surface area contributed by atoms with Crippen molar-refractivity contribution in [3.63, 3.8) is 0 Å². The fourth-order valence-electron chi connectivity index (χ4n) is 1.15. The van der Waals surface area contributed by atoms with Gasteiger partial charge >= 0.3 is 0 Å². The second kappa shape index (κ2) is 5.12. The topological polar surface area (TPSA) is 20.3 Å². The molecule has 2 nitrogen and oxygen atoms in total. The van der Waals surface area contributed by atoms with E-state index in [0.29, 0.717) is 5.57 Å². The van der Waals surface area contributed by atoms with Crippen molar-refractivity contribution in [3.05, 3.63) is 38.4 Å². The van der Waals surface area contributed by atoms with Gasteiger partial charge < -0.3 is 4.90 Å². The predicted octanol–water partition coefficient (Wildman–Crippen LogP) is 3.59. The molecule has 0 aliphatic carbocycles. The highest BCUT2D eigenvalue weighted by molar-refractivity contribution is 14.1. The van der Waals surface area contributed by atoms with Gasteiger partial charge in [-0.3, -0.25) is 4.79 Å². The molecule has 0 aliphatic rings. The number of hydrogen-bond donors (Lipinski definition) is 0. The number of amides is 1. The van der Waals surface area contributed by atoms with Crippen LogP contribution in [0.1, 0.15) is 6.92 Å². The molecular formula is C11H11BrINO. The number of benzene rings is 1. The fraction of sp³-hybridized carbons (Fsp3) is 0.182. The Morgan fingerprint density at radius 2 is 2.13 bits per heavy atom. The Balaban J connectivity index is 3.06. The molecule has 0 fully saturated rings. The van der Waals surface area contributed by atoms with Crippen molar-refractivity contribution in [1.29, 1.82) is 0 Å². The minimum absolute atomic E-state index is 0.0600. The minimum Gasteiger partial charge on any atom is -0.311 e. The van der Waals surface area contributed by atoms with E-state index in [4.69, 9.17) is 0 Å². The zero-order valence-electron chi connectivity index (χ0n) is 8.55. The molecule has 0 atom stereocenters. The molecule has 0 heterocycles. The molecule has 1 aromatic rings. The van der Waals surface area contributed by atoms with E-state index in [9.17, 15) is 4.79 Å². The van der Waals surface area contributed by atoms with Crippen molar-refractivity contribution < 1.29 is 4.79 Å². The number of carbonyl (C=O) groups excluding carboxylic acids is 1. The summed E-state index contributed by atoms with van der Waals surface area (Å²) in [6.07, 6.45) is 0. The van der Waals surface area contributed by atoms with Crippen molar-refractivity contribution in [2.45, 2.75) is 6.92 Å². The lowest BCUT2D eigenvalue weighted by Gasteiger charge is -2.18. The quantitative estimate of drug-likeness (QED) is 0.568. The van der Waals surface area contributed by atoms with Crippen molar-refractivity contribution in [1.82, 2.24) is 0 Å². The zero-order valence-corrected chi connectivity index (χ0v) is 12.3. The van der Waals surface area contributed by atoms with Crippen LogP contribution in [0, 0.1) is 3.57 Å². The summed E-state index contributed by atoms with van der Waals surface area (Å²) in [5.41, 5.74) is 1.43. The number of hydrogen-bond acceptors (Lipinski definition) is 1. The van der Waals surface area contributed by atoms with Crippen LogP contribution in [-0.4, -0.2) is 13.0 Å². The minimum atomic E-state index is -0.0600. The number of anilines is 1. The standard InChI is InChI=1S/C11H11BrINO/c1-7(2)11(15)14(3)10-5-4-8(12)6-9(10)13/h4-6H,1H2,2-3H3. The summed E-state index contributed by atoms with van der Waals surface area (Å²) in [5.74, 6) is -0.0600. The first-order chi connectivity index (χ1) is 6.93. The van der Waals surface area contributed by atoms with Gasteiger partial charge in [-0.05, 0) is 47.7 Å². The molecular weight excluding hydrogens is 369 g/mol. The van der Waals surface area contributed by atoms with Gasteiger partial charge in [0.05, 0.1) is 5.69 Å². The number of rotatable bonds is 2. The Bertz CT molecular complexity index is 417. The van der Waals surface area contributed by atoms with Crippen LogP contribution in [0.2, 0.25) is 0 Å². The summed E-state index contributed by atoms with van der Waals surface area (Å²) in [6, 6.07) is 5.80. The van der Waals surface area contributed by atoms with Crippen LogP contribution in [-0.2, 0) is 4.79 Å². The molecule has 0 spiro atoms. The molecule has 0 saturated carbocycles. The van der Waals surface area contributed by atoms with E-state index in [0.717, 1.165) is 13.7 Å². The predicted molar refractivity (Wildman–Crippen MR) is 75.1 cm³/mol. The van der Waals surface area contributed by atoms with Gasteiger partial charge in [-0.1, -0.05) is 22.5 Å². The summed E-state index contributed by atoms with van der Waals surface area (Å²) in [5, 5.41) is 0.